The summed E-state index contributed by atoms with van der Waals surface area (Å²) >= 11 is 0. The van der Waals surface area contributed by atoms with Gasteiger partial charge in [-0.3, -0.25) is 4.72 Å². The Bertz CT molecular complexity index is 925. The first-order valence-electron chi connectivity index (χ1n) is 7.35. The maximum Gasteiger partial charge on any atom is 0.341 e. The molecule has 0 atom stereocenters. The summed E-state index contributed by atoms with van der Waals surface area (Å²) in [6.45, 7) is 4.30. The van der Waals surface area contributed by atoms with Gasteiger partial charge >= 0.3 is 5.97 Å². The van der Waals surface area contributed by atoms with E-state index in [9.17, 15) is 17.6 Å². The van der Waals surface area contributed by atoms with Crippen LogP contribution in [-0.4, -0.2) is 26.1 Å². The Morgan fingerprint density at radius 1 is 1.20 bits per heavy atom. The molecule has 134 valence electrons. The zero-order chi connectivity index (χ0) is 18.8. The van der Waals surface area contributed by atoms with Crippen LogP contribution in [0.2, 0.25) is 0 Å². The van der Waals surface area contributed by atoms with Crippen molar-refractivity contribution in [3.8, 4) is 5.75 Å². The Labute approximate surface area is 145 Å². The predicted molar refractivity (Wildman–Crippen MR) is 91.0 cm³/mol. The van der Waals surface area contributed by atoms with Gasteiger partial charge < -0.3 is 9.84 Å². The van der Waals surface area contributed by atoms with Gasteiger partial charge in [-0.1, -0.05) is 12.1 Å². The lowest BCUT2D eigenvalue weighted by molar-refractivity contribution is -0.139. The first-order chi connectivity index (χ1) is 11.6. The molecule has 6 nitrogen and oxygen atoms in total. The number of carboxylic acid groups (broad SMARTS) is 1. The van der Waals surface area contributed by atoms with Crippen molar-refractivity contribution in [1.29, 1.82) is 0 Å². The molecule has 0 amide bonds. The molecule has 2 aromatic rings. The van der Waals surface area contributed by atoms with Crippen molar-refractivity contribution < 1.29 is 27.4 Å². The fourth-order valence-corrected chi connectivity index (χ4v) is 3.67. The SMILES string of the molecule is Cc1ccc(F)c(NS(=O)(=O)c2ccc(C)c(OCC(=O)O)c2C)c1. The van der Waals surface area contributed by atoms with E-state index in [0.29, 0.717) is 11.1 Å². The van der Waals surface area contributed by atoms with Gasteiger partial charge in [-0.25, -0.2) is 17.6 Å². The highest BCUT2D eigenvalue weighted by molar-refractivity contribution is 7.92. The van der Waals surface area contributed by atoms with Gasteiger partial charge in [0.25, 0.3) is 10.0 Å². The van der Waals surface area contributed by atoms with Gasteiger partial charge in [0.2, 0.25) is 0 Å². The number of hydrogen-bond acceptors (Lipinski definition) is 4. The molecule has 0 aliphatic rings. The molecule has 2 aromatic carbocycles. The second-order valence-electron chi connectivity index (χ2n) is 5.61. The van der Waals surface area contributed by atoms with Crippen LogP contribution in [-0.2, 0) is 14.8 Å². The summed E-state index contributed by atoms with van der Waals surface area (Å²) in [7, 11) is -4.08. The molecule has 0 saturated carbocycles. The second-order valence-corrected chi connectivity index (χ2v) is 7.26. The first kappa shape index (κ1) is 18.7. The Hall–Kier alpha value is -2.61. The van der Waals surface area contributed by atoms with Crippen LogP contribution in [0.4, 0.5) is 10.1 Å². The quantitative estimate of drug-likeness (QED) is 0.819. The number of rotatable bonds is 6. The number of carbonyl (C=O) groups is 1. The van der Waals surface area contributed by atoms with E-state index < -0.39 is 28.4 Å². The summed E-state index contributed by atoms with van der Waals surface area (Å²) in [4.78, 5) is 10.6. The molecule has 0 bridgehead atoms. The van der Waals surface area contributed by atoms with Crippen LogP contribution >= 0.6 is 0 Å². The number of anilines is 1. The van der Waals surface area contributed by atoms with E-state index in [0.717, 1.165) is 0 Å². The summed E-state index contributed by atoms with van der Waals surface area (Å²) in [6, 6.07) is 6.97. The summed E-state index contributed by atoms with van der Waals surface area (Å²) in [5.41, 5.74) is 1.39. The summed E-state index contributed by atoms with van der Waals surface area (Å²) in [6.07, 6.45) is 0. The Balaban J connectivity index is 2.44. The van der Waals surface area contributed by atoms with Gasteiger partial charge in [-0.05, 0) is 50.1 Å². The minimum Gasteiger partial charge on any atom is -0.481 e. The van der Waals surface area contributed by atoms with E-state index in [2.05, 4.69) is 4.72 Å². The minimum atomic E-state index is -4.08. The van der Waals surface area contributed by atoms with Crippen LogP contribution in [0.25, 0.3) is 0 Å². The van der Waals surface area contributed by atoms with Gasteiger partial charge in [0.05, 0.1) is 10.6 Å². The predicted octanol–water partition coefficient (Wildman–Crippen LogP) is 3.02. The standard InChI is InChI=1S/C17H18FNO5S/c1-10-4-6-13(18)14(8-10)19-25(22,23)15-7-5-11(2)17(12(15)3)24-9-16(20)21/h4-8,19H,9H2,1-3H3,(H,20,21). The third-order valence-electron chi connectivity index (χ3n) is 3.55. The van der Waals surface area contributed by atoms with Gasteiger partial charge in [0, 0.05) is 5.56 Å². The normalized spacial score (nSPS) is 11.2. The van der Waals surface area contributed by atoms with E-state index in [-0.39, 0.29) is 21.9 Å². The number of nitrogens with one attached hydrogen (secondary N) is 1. The van der Waals surface area contributed by atoms with Crippen LogP contribution in [0.1, 0.15) is 16.7 Å². The number of benzene rings is 2. The molecule has 0 fully saturated rings. The molecule has 0 aliphatic heterocycles. The van der Waals surface area contributed by atoms with E-state index >= 15 is 0 Å². The maximum atomic E-state index is 13.9. The third kappa shape index (κ3) is 4.27. The fourth-order valence-electron chi connectivity index (χ4n) is 2.37. The van der Waals surface area contributed by atoms with E-state index in [1.807, 2.05) is 0 Å². The molecule has 0 aromatic heterocycles. The molecular formula is C17H18FNO5S. The monoisotopic (exact) mass is 367 g/mol. The highest BCUT2D eigenvalue weighted by atomic mass is 32.2. The zero-order valence-electron chi connectivity index (χ0n) is 14.0. The summed E-state index contributed by atoms with van der Waals surface area (Å²) in [5, 5.41) is 8.74. The maximum absolute atomic E-state index is 13.9. The highest BCUT2D eigenvalue weighted by Crippen LogP contribution is 2.30. The molecule has 0 heterocycles. The second kappa shape index (κ2) is 7.10. The molecule has 0 unspecified atom stereocenters. The van der Waals surface area contributed by atoms with Crippen molar-refractivity contribution >= 4 is 21.7 Å². The number of carboxylic acids is 1. The number of sulfonamides is 1. The van der Waals surface area contributed by atoms with E-state index in [1.165, 1.54) is 37.3 Å². The van der Waals surface area contributed by atoms with Crippen LogP contribution in [0.15, 0.2) is 35.2 Å². The summed E-state index contributed by atoms with van der Waals surface area (Å²) < 4.78 is 46.5. The van der Waals surface area contributed by atoms with E-state index in [1.54, 1.807) is 13.8 Å². The molecule has 2 N–H and O–H groups in total. The highest BCUT2D eigenvalue weighted by Gasteiger charge is 2.22. The van der Waals surface area contributed by atoms with Crippen molar-refractivity contribution in [1.82, 2.24) is 0 Å². The number of aliphatic carboxylic acids is 1. The Morgan fingerprint density at radius 3 is 2.52 bits per heavy atom. The largest absolute Gasteiger partial charge is 0.481 e. The third-order valence-corrected chi connectivity index (χ3v) is 5.06. The lowest BCUT2D eigenvalue weighted by Gasteiger charge is -2.16. The van der Waals surface area contributed by atoms with Gasteiger partial charge in [-0.15, -0.1) is 0 Å². The van der Waals surface area contributed by atoms with Crippen molar-refractivity contribution in [2.45, 2.75) is 25.7 Å². The lowest BCUT2D eigenvalue weighted by Crippen LogP contribution is -2.17. The van der Waals surface area contributed by atoms with Crippen molar-refractivity contribution in [3.05, 3.63) is 52.8 Å². The fraction of sp³-hybridized carbons (Fsp3) is 0.235. The van der Waals surface area contributed by atoms with Gasteiger partial charge in [-0.2, -0.15) is 0 Å². The number of ether oxygens (including phenoxy) is 1. The number of aryl methyl sites for hydroxylation is 2. The van der Waals surface area contributed by atoms with Crippen LogP contribution in [0.5, 0.6) is 5.75 Å². The molecule has 0 saturated heterocycles. The van der Waals surface area contributed by atoms with E-state index in [4.69, 9.17) is 9.84 Å². The molecule has 0 aliphatic carbocycles. The topological polar surface area (TPSA) is 92.7 Å². The van der Waals surface area contributed by atoms with Crippen molar-refractivity contribution in [2.24, 2.45) is 0 Å². The van der Waals surface area contributed by atoms with Crippen LogP contribution in [0.3, 0.4) is 0 Å². The minimum absolute atomic E-state index is 0.112. The van der Waals surface area contributed by atoms with Crippen molar-refractivity contribution in [2.75, 3.05) is 11.3 Å². The molecule has 25 heavy (non-hydrogen) atoms. The summed E-state index contributed by atoms with van der Waals surface area (Å²) in [5.74, 6) is -1.69. The lowest BCUT2D eigenvalue weighted by atomic mass is 10.1. The van der Waals surface area contributed by atoms with Crippen LogP contribution < -0.4 is 9.46 Å². The number of hydrogen-bond donors (Lipinski definition) is 2. The first-order valence-corrected chi connectivity index (χ1v) is 8.84. The molecule has 8 heteroatoms. The molecule has 0 radical (unpaired) electrons. The number of halogens is 1. The average Bonchev–Trinajstić information content (AvgIpc) is 2.50. The molecule has 0 spiro atoms. The molecule has 2 rings (SSSR count). The Morgan fingerprint density at radius 2 is 1.88 bits per heavy atom. The smallest absolute Gasteiger partial charge is 0.341 e. The average molecular weight is 367 g/mol. The van der Waals surface area contributed by atoms with Gasteiger partial charge in [0.1, 0.15) is 11.6 Å². The van der Waals surface area contributed by atoms with Gasteiger partial charge in [0.15, 0.2) is 6.61 Å². The van der Waals surface area contributed by atoms with Crippen LogP contribution in [0, 0.1) is 26.6 Å². The van der Waals surface area contributed by atoms with Crippen molar-refractivity contribution in [3.63, 3.8) is 0 Å². The Kier molecular flexibility index (Phi) is 5.32. The molecular weight excluding hydrogens is 349 g/mol. The zero-order valence-corrected chi connectivity index (χ0v) is 14.8.